The third-order valence-electron chi connectivity index (χ3n) is 3.19. The van der Waals surface area contributed by atoms with Crippen LogP contribution >= 0.6 is 0 Å². The lowest BCUT2D eigenvalue weighted by molar-refractivity contribution is 0.0950. The fourth-order valence-electron chi connectivity index (χ4n) is 2.12. The molecule has 2 heterocycles. The summed E-state index contributed by atoms with van der Waals surface area (Å²) >= 11 is 0. The molecule has 3 aromatic rings. The minimum absolute atomic E-state index is 0.299. The summed E-state index contributed by atoms with van der Waals surface area (Å²) in [5, 5.41) is 10.7. The highest BCUT2D eigenvalue weighted by Gasteiger charge is 2.13. The molecule has 7 heteroatoms. The Morgan fingerprint density at radius 2 is 2.25 bits per heavy atom. The molecule has 7 nitrogen and oxygen atoms in total. The number of nitrogens with zero attached hydrogens (tertiary/aromatic N) is 2. The van der Waals surface area contributed by atoms with Crippen LogP contribution in [0.2, 0.25) is 0 Å². The fraction of sp³-hybridized carbons (Fsp3) is 0.118. The number of hydrogen-bond donors (Lipinski definition) is 2. The number of ether oxygens (including phenoxy) is 1. The third kappa shape index (κ3) is 3.52. The molecule has 0 unspecified atom stereocenters. The molecule has 0 bridgehead atoms. The van der Waals surface area contributed by atoms with E-state index in [2.05, 4.69) is 20.7 Å². The normalized spacial score (nSPS) is 10.9. The van der Waals surface area contributed by atoms with Gasteiger partial charge >= 0.3 is 0 Å². The van der Waals surface area contributed by atoms with Gasteiger partial charge in [0, 0.05) is 5.56 Å². The Balaban J connectivity index is 1.72. The Morgan fingerprint density at radius 3 is 3.04 bits per heavy atom. The highest BCUT2D eigenvalue weighted by atomic mass is 16.5. The number of amides is 1. The summed E-state index contributed by atoms with van der Waals surface area (Å²) < 4.78 is 10.7. The Bertz CT molecular complexity index is 837. The molecule has 0 atom stereocenters. The molecule has 2 aromatic heterocycles. The average Bonchev–Trinajstić information content (AvgIpc) is 3.27. The van der Waals surface area contributed by atoms with E-state index in [-0.39, 0.29) is 0 Å². The number of H-pyrrole nitrogens is 1. The van der Waals surface area contributed by atoms with Crippen LogP contribution in [0.25, 0.3) is 11.3 Å². The van der Waals surface area contributed by atoms with Crippen LogP contribution in [0.3, 0.4) is 0 Å². The van der Waals surface area contributed by atoms with Crippen molar-refractivity contribution in [1.82, 2.24) is 15.6 Å². The van der Waals surface area contributed by atoms with E-state index >= 15 is 0 Å². The summed E-state index contributed by atoms with van der Waals surface area (Å²) in [5.74, 6) is 0.867. The van der Waals surface area contributed by atoms with E-state index in [0.717, 1.165) is 5.56 Å². The smallest absolute Gasteiger partial charge is 0.289 e. The van der Waals surface area contributed by atoms with Gasteiger partial charge in [-0.2, -0.15) is 10.2 Å². The zero-order valence-corrected chi connectivity index (χ0v) is 13.0. The molecule has 3 rings (SSSR count). The Labute approximate surface area is 138 Å². The number of nitrogens with one attached hydrogen (secondary N) is 2. The number of hydrogen-bond acceptors (Lipinski definition) is 5. The largest absolute Gasteiger partial charge is 0.493 e. The van der Waals surface area contributed by atoms with E-state index in [1.807, 2.05) is 31.2 Å². The molecular formula is C17H16N4O3. The van der Waals surface area contributed by atoms with Crippen LogP contribution in [0.4, 0.5) is 0 Å². The molecule has 0 aliphatic heterocycles. The minimum atomic E-state index is -0.398. The highest BCUT2D eigenvalue weighted by molar-refractivity contribution is 5.94. The van der Waals surface area contributed by atoms with Gasteiger partial charge in [0.25, 0.3) is 5.91 Å². The number of aromatic nitrogens is 2. The number of hydrazone groups is 1. The number of aromatic amines is 1. The molecule has 0 fully saturated rings. The quantitative estimate of drug-likeness (QED) is 0.538. The van der Waals surface area contributed by atoms with Crippen LogP contribution in [0.1, 0.15) is 23.2 Å². The van der Waals surface area contributed by atoms with Gasteiger partial charge in [-0.05, 0) is 37.3 Å². The molecule has 1 amide bonds. The lowest BCUT2D eigenvalue weighted by Crippen LogP contribution is -2.17. The number of furan rings is 1. The van der Waals surface area contributed by atoms with E-state index in [0.29, 0.717) is 29.5 Å². The van der Waals surface area contributed by atoms with Gasteiger partial charge in [0.1, 0.15) is 17.2 Å². The molecule has 0 aliphatic carbocycles. The SMILES string of the molecule is CCOc1ccccc1-c1cc(C(=O)N/N=C\c2ccco2)[nH]n1. The first-order valence-corrected chi connectivity index (χ1v) is 7.42. The second kappa shape index (κ2) is 7.28. The Morgan fingerprint density at radius 1 is 1.38 bits per heavy atom. The van der Waals surface area contributed by atoms with Crippen LogP contribution < -0.4 is 10.2 Å². The van der Waals surface area contributed by atoms with Gasteiger partial charge in [-0.25, -0.2) is 5.43 Å². The van der Waals surface area contributed by atoms with Crippen molar-refractivity contribution in [2.24, 2.45) is 5.10 Å². The third-order valence-corrected chi connectivity index (χ3v) is 3.19. The predicted molar refractivity (Wildman–Crippen MR) is 89.0 cm³/mol. The maximum Gasteiger partial charge on any atom is 0.289 e. The van der Waals surface area contributed by atoms with E-state index in [4.69, 9.17) is 9.15 Å². The lowest BCUT2D eigenvalue weighted by atomic mass is 10.1. The number of rotatable bonds is 6. The van der Waals surface area contributed by atoms with Crippen LogP contribution in [-0.2, 0) is 0 Å². The van der Waals surface area contributed by atoms with E-state index in [9.17, 15) is 4.79 Å². The van der Waals surface area contributed by atoms with E-state index < -0.39 is 5.91 Å². The summed E-state index contributed by atoms with van der Waals surface area (Å²) in [5.41, 5.74) is 4.15. The first-order chi connectivity index (χ1) is 11.8. The number of carbonyl (C=O) groups excluding carboxylic acids is 1. The predicted octanol–water partition coefficient (Wildman–Crippen LogP) is 2.83. The van der Waals surface area contributed by atoms with Gasteiger partial charge in [-0.1, -0.05) is 12.1 Å². The van der Waals surface area contributed by atoms with Gasteiger partial charge < -0.3 is 9.15 Å². The van der Waals surface area contributed by atoms with Gasteiger partial charge in [-0.15, -0.1) is 0 Å². The molecule has 0 spiro atoms. The maximum absolute atomic E-state index is 12.1. The van der Waals surface area contributed by atoms with Gasteiger partial charge in [-0.3, -0.25) is 9.89 Å². The van der Waals surface area contributed by atoms with Crippen molar-refractivity contribution in [2.45, 2.75) is 6.92 Å². The molecule has 0 aliphatic rings. The molecule has 1 aromatic carbocycles. The molecular weight excluding hydrogens is 308 g/mol. The summed E-state index contributed by atoms with van der Waals surface area (Å²) in [6.07, 6.45) is 2.94. The first-order valence-electron chi connectivity index (χ1n) is 7.42. The van der Waals surface area contributed by atoms with Crippen molar-refractivity contribution in [3.8, 4) is 17.0 Å². The van der Waals surface area contributed by atoms with Crippen molar-refractivity contribution in [3.05, 3.63) is 60.2 Å². The van der Waals surface area contributed by atoms with Gasteiger partial charge in [0.05, 0.1) is 24.8 Å². The second-order valence-corrected chi connectivity index (χ2v) is 4.81. The fourth-order valence-corrected chi connectivity index (χ4v) is 2.12. The van der Waals surface area contributed by atoms with Crippen LogP contribution in [0, 0.1) is 0 Å². The summed E-state index contributed by atoms with van der Waals surface area (Å²) in [6, 6.07) is 12.6. The second-order valence-electron chi connectivity index (χ2n) is 4.81. The molecule has 0 saturated carbocycles. The Kier molecular flexibility index (Phi) is 4.71. The van der Waals surface area contributed by atoms with Crippen molar-refractivity contribution in [1.29, 1.82) is 0 Å². The monoisotopic (exact) mass is 324 g/mol. The average molecular weight is 324 g/mol. The van der Waals surface area contributed by atoms with Crippen LogP contribution in [-0.4, -0.2) is 28.9 Å². The summed E-state index contributed by atoms with van der Waals surface area (Å²) in [7, 11) is 0. The Hall–Kier alpha value is -3.35. The topological polar surface area (TPSA) is 92.5 Å². The molecule has 24 heavy (non-hydrogen) atoms. The van der Waals surface area contributed by atoms with Gasteiger partial charge in [0.15, 0.2) is 0 Å². The molecule has 0 radical (unpaired) electrons. The number of para-hydroxylation sites is 1. The zero-order chi connectivity index (χ0) is 16.8. The number of carbonyl (C=O) groups is 1. The zero-order valence-electron chi connectivity index (χ0n) is 13.0. The minimum Gasteiger partial charge on any atom is -0.493 e. The maximum atomic E-state index is 12.1. The van der Waals surface area contributed by atoms with Crippen molar-refractivity contribution in [3.63, 3.8) is 0 Å². The van der Waals surface area contributed by atoms with Crippen molar-refractivity contribution >= 4 is 12.1 Å². The summed E-state index contributed by atoms with van der Waals surface area (Å²) in [6.45, 7) is 2.47. The lowest BCUT2D eigenvalue weighted by Gasteiger charge is -2.07. The molecule has 2 N–H and O–H groups in total. The van der Waals surface area contributed by atoms with Crippen molar-refractivity contribution in [2.75, 3.05) is 6.61 Å². The highest BCUT2D eigenvalue weighted by Crippen LogP contribution is 2.28. The van der Waals surface area contributed by atoms with E-state index in [1.165, 1.54) is 12.5 Å². The van der Waals surface area contributed by atoms with E-state index in [1.54, 1.807) is 18.2 Å². The summed E-state index contributed by atoms with van der Waals surface area (Å²) in [4.78, 5) is 12.1. The molecule has 0 saturated heterocycles. The molecule has 122 valence electrons. The van der Waals surface area contributed by atoms with Crippen molar-refractivity contribution < 1.29 is 13.9 Å². The standard InChI is InChI=1S/C17H16N4O3/c1-2-23-16-8-4-3-7-13(16)14-10-15(20-19-14)17(22)21-18-11-12-6-5-9-24-12/h3-11H,2H2,1H3,(H,19,20)(H,21,22)/b18-11-. The number of benzene rings is 1. The van der Waals surface area contributed by atoms with Crippen LogP contribution in [0.5, 0.6) is 5.75 Å². The van der Waals surface area contributed by atoms with Gasteiger partial charge in [0.2, 0.25) is 0 Å². The van der Waals surface area contributed by atoms with Crippen LogP contribution in [0.15, 0.2) is 58.2 Å². The first kappa shape index (κ1) is 15.5.